The van der Waals surface area contributed by atoms with Crippen molar-refractivity contribution in [2.45, 2.75) is 33.1 Å². The van der Waals surface area contributed by atoms with Crippen molar-refractivity contribution in [3.8, 4) is 17.2 Å². The lowest BCUT2D eigenvalue weighted by molar-refractivity contribution is 0.203. The second kappa shape index (κ2) is 8.37. The Labute approximate surface area is 193 Å². The minimum absolute atomic E-state index is 0.0384. The highest BCUT2D eigenvalue weighted by atomic mass is 16.5. The summed E-state index contributed by atoms with van der Waals surface area (Å²) in [6.45, 7) is 9.29. The molecule has 7 heteroatoms. The summed E-state index contributed by atoms with van der Waals surface area (Å²) in [6, 6.07) is 6.00. The number of aromatic nitrogens is 2. The van der Waals surface area contributed by atoms with E-state index in [-0.39, 0.29) is 5.56 Å². The Kier molecular flexibility index (Phi) is 5.52. The van der Waals surface area contributed by atoms with E-state index in [0.717, 1.165) is 64.8 Å². The molecular weight excluding hydrogens is 418 g/mol. The van der Waals surface area contributed by atoms with Crippen molar-refractivity contribution in [1.29, 1.82) is 0 Å². The van der Waals surface area contributed by atoms with Crippen LogP contribution in [-0.4, -0.2) is 54.7 Å². The van der Waals surface area contributed by atoms with Gasteiger partial charge in [0.25, 0.3) is 5.56 Å². The highest BCUT2D eigenvalue weighted by Gasteiger charge is 2.40. The van der Waals surface area contributed by atoms with Crippen LogP contribution in [-0.2, 0) is 6.42 Å². The van der Waals surface area contributed by atoms with Gasteiger partial charge in [0, 0.05) is 60.1 Å². The Balaban J connectivity index is 1.38. The topological polar surface area (TPSA) is 65.3 Å². The average Bonchev–Trinajstić information content (AvgIpc) is 3.22. The molecule has 3 aromatic rings. The number of fused-ring (bicyclic) bond motifs is 4. The maximum Gasteiger partial charge on any atom is 0.261 e. The number of aryl methyl sites for hydroxylation is 2. The Morgan fingerprint density at radius 2 is 1.97 bits per heavy atom. The maximum atomic E-state index is 13.2. The lowest BCUT2D eigenvalue weighted by Gasteiger charge is -2.30. The summed E-state index contributed by atoms with van der Waals surface area (Å²) in [5.74, 6) is 3.21. The summed E-state index contributed by atoms with van der Waals surface area (Å²) in [4.78, 5) is 20.3. The van der Waals surface area contributed by atoms with Crippen molar-refractivity contribution in [2.24, 2.45) is 5.92 Å². The molecule has 2 aliphatic rings. The van der Waals surface area contributed by atoms with Gasteiger partial charge in [0.05, 0.1) is 20.8 Å². The summed E-state index contributed by atoms with van der Waals surface area (Å²) >= 11 is 0. The highest BCUT2D eigenvalue weighted by molar-refractivity contribution is 5.60. The van der Waals surface area contributed by atoms with E-state index in [0.29, 0.717) is 30.5 Å². The van der Waals surface area contributed by atoms with Gasteiger partial charge in [-0.2, -0.15) is 0 Å². The first kappa shape index (κ1) is 21.8. The summed E-state index contributed by atoms with van der Waals surface area (Å²) in [5.41, 5.74) is 5.52. The van der Waals surface area contributed by atoms with Gasteiger partial charge in [0.2, 0.25) is 0 Å². The summed E-state index contributed by atoms with van der Waals surface area (Å²) in [6.07, 6.45) is 2.55. The number of hydrogen-bond acceptors (Lipinski definition) is 6. The molecule has 4 heterocycles. The van der Waals surface area contributed by atoms with Crippen molar-refractivity contribution in [2.75, 3.05) is 40.5 Å². The smallest absolute Gasteiger partial charge is 0.261 e. The molecule has 2 aliphatic heterocycles. The fraction of sp³-hybridized carbons (Fsp3) is 0.462. The number of rotatable bonds is 5. The Bertz CT molecular complexity index is 1280. The van der Waals surface area contributed by atoms with Gasteiger partial charge in [-0.1, -0.05) is 6.07 Å². The molecule has 0 spiro atoms. The van der Waals surface area contributed by atoms with Crippen LogP contribution in [0.1, 0.15) is 33.9 Å². The molecular formula is C26H31N3O4. The first-order chi connectivity index (χ1) is 15.9. The number of pyridine rings is 1. The summed E-state index contributed by atoms with van der Waals surface area (Å²) < 4.78 is 19.1. The number of hydrogen-bond donors (Lipinski definition) is 0. The molecule has 1 aromatic carbocycles. The Morgan fingerprint density at radius 1 is 1.15 bits per heavy atom. The monoisotopic (exact) mass is 449 g/mol. The molecule has 1 fully saturated rings. The zero-order chi connectivity index (χ0) is 23.3. The van der Waals surface area contributed by atoms with Gasteiger partial charge in [-0.05, 0) is 44.9 Å². The number of ether oxygens (including phenoxy) is 3. The molecule has 0 bridgehead atoms. The molecule has 2 atom stereocenters. The first-order valence-electron chi connectivity index (χ1n) is 11.5. The molecule has 0 aliphatic carbocycles. The van der Waals surface area contributed by atoms with Gasteiger partial charge in [0.1, 0.15) is 11.4 Å². The van der Waals surface area contributed by atoms with E-state index in [1.807, 2.05) is 39.1 Å². The Morgan fingerprint density at radius 3 is 2.73 bits per heavy atom. The molecule has 2 aromatic heterocycles. The van der Waals surface area contributed by atoms with Gasteiger partial charge in [-0.3, -0.25) is 9.20 Å². The maximum absolute atomic E-state index is 13.2. The van der Waals surface area contributed by atoms with E-state index in [1.165, 1.54) is 0 Å². The van der Waals surface area contributed by atoms with Crippen LogP contribution in [0.15, 0.2) is 29.2 Å². The van der Waals surface area contributed by atoms with Gasteiger partial charge in [0.15, 0.2) is 11.5 Å². The second-order valence-electron chi connectivity index (χ2n) is 9.26. The molecule has 174 valence electrons. The lowest BCUT2D eigenvalue weighted by Crippen LogP contribution is -2.29. The van der Waals surface area contributed by atoms with Gasteiger partial charge in [-0.25, -0.2) is 4.98 Å². The molecule has 0 saturated carbocycles. The quantitative estimate of drug-likeness (QED) is 0.596. The van der Waals surface area contributed by atoms with Crippen LogP contribution in [0, 0.1) is 26.7 Å². The predicted molar refractivity (Wildman–Crippen MR) is 127 cm³/mol. The Hall–Kier alpha value is -3.06. The number of likely N-dealkylation sites (tertiary alicyclic amines) is 1. The van der Waals surface area contributed by atoms with E-state index in [2.05, 4.69) is 16.0 Å². The predicted octanol–water partition coefficient (Wildman–Crippen LogP) is 3.29. The molecule has 5 rings (SSSR count). The normalized spacial score (nSPS) is 19.8. The molecule has 0 amide bonds. The summed E-state index contributed by atoms with van der Waals surface area (Å²) in [7, 11) is 3.37. The zero-order valence-corrected chi connectivity index (χ0v) is 20.0. The fourth-order valence-corrected chi connectivity index (χ4v) is 5.42. The number of methoxy groups -OCH3 is 2. The largest absolute Gasteiger partial charge is 0.496 e. The third-order valence-electron chi connectivity index (χ3n) is 7.20. The van der Waals surface area contributed by atoms with E-state index in [4.69, 9.17) is 14.2 Å². The fourth-order valence-electron chi connectivity index (χ4n) is 5.42. The molecule has 1 saturated heterocycles. The first-order valence-corrected chi connectivity index (χ1v) is 11.5. The minimum Gasteiger partial charge on any atom is -0.496 e. The van der Waals surface area contributed by atoms with E-state index in [9.17, 15) is 4.79 Å². The molecule has 7 nitrogen and oxygen atoms in total. The minimum atomic E-state index is 0.0384. The van der Waals surface area contributed by atoms with E-state index < -0.39 is 0 Å². The van der Waals surface area contributed by atoms with Gasteiger partial charge < -0.3 is 19.1 Å². The molecule has 0 N–H and O–H groups in total. The SMILES string of the molecule is COc1cc2c(c(OC)c1C)OC[C@H]1CN(CCc3c(C)nc4ccc(C)cn4c3=O)C[C@@H]21. The van der Waals surface area contributed by atoms with Crippen molar-refractivity contribution < 1.29 is 14.2 Å². The molecule has 0 radical (unpaired) electrons. The van der Waals surface area contributed by atoms with E-state index >= 15 is 0 Å². The van der Waals surface area contributed by atoms with Crippen LogP contribution in [0.4, 0.5) is 0 Å². The zero-order valence-electron chi connectivity index (χ0n) is 20.0. The van der Waals surface area contributed by atoms with Gasteiger partial charge >= 0.3 is 0 Å². The van der Waals surface area contributed by atoms with E-state index in [1.54, 1.807) is 18.6 Å². The van der Waals surface area contributed by atoms with Crippen molar-refractivity contribution in [3.05, 3.63) is 62.7 Å². The van der Waals surface area contributed by atoms with Gasteiger partial charge in [-0.15, -0.1) is 0 Å². The standard InChI is InChI=1S/C26H31N3O4/c1-15-6-7-23-27-17(3)19(26(30)29(23)11-15)8-9-28-12-18-14-33-25-20(21(18)13-28)10-22(31-4)16(2)24(25)32-5/h6-7,10-11,18,21H,8-9,12-14H2,1-5H3/t18-,21-/m1/s1. The van der Waals surface area contributed by atoms with Crippen molar-refractivity contribution >= 4 is 5.65 Å². The number of benzene rings is 1. The van der Waals surface area contributed by atoms with Crippen LogP contribution in [0.2, 0.25) is 0 Å². The molecule has 33 heavy (non-hydrogen) atoms. The average molecular weight is 450 g/mol. The van der Waals surface area contributed by atoms with Crippen LogP contribution in [0.5, 0.6) is 17.2 Å². The van der Waals surface area contributed by atoms with Crippen LogP contribution < -0.4 is 19.8 Å². The summed E-state index contributed by atoms with van der Waals surface area (Å²) in [5, 5.41) is 0. The lowest BCUT2D eigenvalue weighted by atomic mass is 9.86. The van der Waals surface area contributed by atoms with Crippen molar-refractivity contribution in [1.82, 2.24) is 14.3 Å². The van der Waals surface area contributed by atoms with Crippen molar-refractivity contribution in [3.63, 3.8) is 0 Å². The third-order valence-corrected chi connectivity index (χ3v) is 7.20. The van der Waals surface area contributed by atoms with Crippen LogP contribution in [0.3, 0.4) is 0 Å². The van der Waals surface area contributed by atoms with Crippen LogP contribution in [0.25, 0.3) is 5.65 Å². The highest BCUT2D eigenvalue weighted by Crippen LogP contribution is 2.49. The second-order valence-corrected chi connectivity index (χ2v) is 9.26. The third kappa shape index (κ3) is 3.64. The van der Waals surface area contributed by atoms with Crippen LogP contribution >= 0.6 is 0 Å². The number of nitrogens with zero attached hydrogens (tertiary/aromatic N) is 3. The molecule has 0 unspecified atom stereocenters.